The van der Waals surface area contributed by atoms with Crippen molar-refractivity contribution in [3.8, 4) is 0 Å². The summed E-state index contributed by atoms with van der Waals surface area (Å²) in [4.78, 5) is 16.6. The van der Waals surface area contributed by atoms with E-state index in [1.807, 2.05) is 0 Å². The summed E-state index contributed by atoms with van der Waals surface area (Å²) in [5.74, 6) is -0.283. The van der Waals surface area contributed by atoms with Crippen LogP contribution in [0.2, 0.25) is 0 Å². The number of hydrogen-bond donors (Lipinski definition) is 0. The molecule has 0 saturated carbocycles. The number of hydrogen-bond acceptors (Lipinski definition) is 2. The fourth-order valence-corrected chi connectivity index (χ4v) is 3.64. The highest BCUT2D eigenvalue weighted by Gasteiger charge is 2.38. The minimum Gasteiger partial charge on any atom is -0.334 e. The number of amides is 1. The minimum absolute atomic E-state index is 0.0950. The molecule has 0 spiro atoms. The van der Waals surface area contributed by atoms with Crippen LogP contribution in [0.3, 0.4) is 0 Å². The average Bonchev–Trinajstić information content (AvgIpc) is 2.81. The second-order valence-corrected chi connectivity index (χ2v) is 6.45. The number of rotatable bonds is 3. The standard InChI is InChI=1S/C16H23F2N3O/c1-11-5-3-4-8-20(11)13-9-19(10-13)15(22)14-7-6-12(2)21(14)16(17)18/h6-7,11,13,16H,3-5,8-10H2,1-2H3/t11-/m1/s1. The Bertz CT molecular complexity index is 552. The van der Waals surface area contributed by atoms with Gasteiger partial charge in [0.05, 0.1) is 0 Å². The molecule has 6 heteroatoms. The van der Waals surface area contributed by atoms with Crippen LogP contribution in [0.25, 0.3) is 0 Å². The van der Waals surface area contributed by atoms with E-state index < -0.39 is 6.55 Å². The zero-order chi connectivity index (χ0) is 15.9. The predicted molar refractivity (Wildman–Crippen MR) is 80.1 cm³/mol. The van der Waals surface area contributed by atoms with Crippen molar-refractivity contribution < 1.29 is 13.6 Å². The quantitative estimate of drug-likeness (QED) is 0.859. The van der Waals surface area contributed by atoms with E-state index in [-0.39, 0.29) is 11.6 Å². The molecule has 0 unspecified atom stereocenters. The Morgan fingerprint density at radius 3 is 2.64 bits per heavy atom. The monoisotopic (exact) mass is 311 g/mol. The molecule has 2 aliphatic rings. The number of aryl methyl sites for hydroxylation is 1. The van der Waals surface area contributed by atoms with E-state index >= 15 is 0 Å². The van der Waals surface area contributed by atoms with Gasteiger partial charge in [-0.15, -0.1) is 0 Å². The van der Waals surface area contributed by atoms with Gasteiger partial charge in [-0.05, 0) is 45.4 Å². The fraction of sp³-hybridized carbons (Fsp3) is 0.688. The van der Waals surface area contributed by atoms with Crippen LogP contribution in [-0.2, 0) is 0 Å². The first-order chi connectivity index (χ1) is 10.5. The van der Waals surface area contributed by atoms with E-state index in [2.05, 4.69) is 11.8 Å². The van der Waals surface area contributed by atoms with Gasteiger partial charge in [0, 0.05) is 30.9 Å². The van der Waals surface area contributed by atoms with Crippen LogP contribution in [0.4, 0.5) is 8.78 Å². The first-order valence-corrected chi connectivity index (χ1v) is 8.00. The van der Waals surface area contributed by atoms with E-state index in [4.69, 9.17) is 0 Å². The summed E-state index contributed by atoms with van der Waals surface area (Å²) in [6.07, 6.45) is 3.69. The molecule has 0 radical (unpaired) electrons. The van der Waals surface area contributed by atoms with Gasteiger partial charge in [0.15, 0.2) is 0 Å². The van der Waals surface area contributed by atoms with Gasteiger partial charge >= 0.3 is 6.55 Å². The van der Waals surface area contributed by atoms with Gasteiger partial charge in [-0.2, -0.15) is 8.78 Å². The zero-order valence-corrected chi connectivity index (χ0v) is 13.1. The Morgan fingerprint density at radius 2 is 2.00 bits per heavy atom. The Morgan fingerprint density at radius 1 is 1.27 bits per heavy atom. The lowest BCUT2D eigenvalue weighted by Gasteiger charge is -2.49. The molecular weight excluding hydrogens is 288 g/mol. The largest absolute Gasteiger partial charge is 0.334 e. The third-order valence-corrected chi connectivity index (χ3v) is 5.01. The molecule has 22 heavy (non-hydrogen) atoms. The molecule has 0 N–H and O–H groups in total. The van der Waals surface area contributed by atoms with Crippen LogP contribution in [0.15, 0.2) is 12.1 Å². The van der Waals surface area contributed by atoms with Crippen molar-refractivity contribution in [2.24, 2.45) is 0 Å². The van der Waals surface area contributed by atoms with Crippen LogP contribution in [0.1, 0.15) is 48.9 Å². The van der Waals surface area contributed by atoms with E-state index in [1.54, 1.807) is 17.9 Å². The van der Waals surface area contributed by atoms with Crippen molar-refractivity contribution in [1.82, 2.24) is 14.4 Å². The molecule has 2 aliphatic heterocycles. The third kappa shape index (κ3) is 2.64. The van der Waals surface area contributed by atoms with Gasteiger partial charge in [-0.25, -0.2) is 0 Å². The fourth-order valence-electron chi connectivity index (χ4n) is 3.64. The molecule has 0 bridgehead atoms. The van der Waals surface area contributed by atoms with Gasteiger partial charge in [0.1, 0.15) is 5.69 Å². The van der Waals surface area contributed by atoms with Gasteiger partial charge in [0.25, 0.3) is 5.91 Å². The van der Waals surface area contributed by atoms with Gasteiger partial charge < -0.3 is 4.90 Å². The molecule has 122 valence electrons. The summed E-state index contributed by atoms with van der Waals surface area (Å²) < 4.78 is 27.0. The van der Waals surface area contributed by atoms with Crippen molar-refractivity contribution in [2.75, 3.05) is 19.6 Å². The number of piperidine rings is 1. The number of carbonyl (C=O) groups excluding carboxylic acids is 1. The lowest BCUT2D eigenvalue weighted by atomic mass is 9.97. The van der Waals surface area contributed by atoms with Crippen LogP contribution in [0.5, 0.6) is 0 Å². The molecule has 1 atom stereocenters. The van der Waals surface area contributed by atoms with Crippen LogP contribution in [0, 0.1) is 6.92 Å². The summed E-state index contributed by atoms with van der Waals surface area (Å²) >= 11 is 0. The lowest BCUT2D eigenvalue weighted by Crippen LogP contribution is -2.63. The van der Waals surface area contributed by atoms with Crippen molar-refractivity contribution >= 4 is 5.91 Å². The molecule has 1 aromatic rings. The maximum Gasteiger partial charge on any atom is 0.319 e. The SMILES string of the molecule is Cc1ccc(C(=O)N2CC(N3CCCC[C@H]3C)C2)n1C(F)F. The van der Waals surface area contributed by atoms with E-state index in [9.17, 15) is 13.6 Å². The Balaban J connectivity index is 1.64. The number of likely N-dealkylation sites (tertiary alicyclic amines) is 2. The summed E-state index contributed by atoms with van der Waals surface area (Å²) in [6.45, 7) is 3.54. The number of nitrogens with zero attached hydrogens (tertiary/aromatic N) is 3. The summed E-state index contributed by atoms with van der Waals surface area (Å²) in [7, 11) is 0. The molecule has 0 aromatic carbocycles. The van der Waals surface area contributed by atoms with Crippen LogP contribution < -0.4 is 0 Å². The highest BCUT2D eigenvalue weighted by atomic mass is 19.3. The summed E-state index contributed by atoms with van der Waals surface area (Å²) in [6, 6.07) is 4.02. The lowest BCUT2D eigenvalue weighted by molar-refractivity contribution is -0.000272. The van der Waals surface area contributed by atoms with E-state index in [1.165, 1.54) is 25.3 Å². The Hall–Kier alpha value is -1.43. The molecule has 1 amide bonds. The van der Waals surface area contributed by atoms with Crippen molar-refractivity contribution in [3.63, 3.8) is 0 Å². The van der Waals surface area contributed by atoms with Gasteiger partial charge in [-0.1, -0.05) is 6.42 Å². The Labute approximate surface area is 129 Å². The number of carbonyl (C=O) groups is 1. The first kappa shape index (κ1) is 15.5. The molecule has 2 saturated heterocycles. The zero-order valence-electron chi connectivity index (χ0n) is 13.1. The molecule has 4 nitrogen and oxygen atoms in total. The highest BCUT2D eigenvalue weighted by molar-refractivity contribution is 5.93. The smallest absolute Gasteiger partial charge is 0.319 e. The molecule has 2 fully saturated rings. The summed E-state index contributed by atoms with van der Waals surface area (Å²) in [5, 5.41) is 0. The number of alkyl halides is 2. The number of halogens is 2. The second-order valence-electron chi connectivity index (χ2n) is 6.45. The van der Waals surface area contributed by atoms with Crippen molar-refractivity contribution in [3.05, 3.63) is 23.5 Å². The minimum atomic E-state index is -2.67. The molecule has 1 aromatic heterocycles. The average molecular weight is 311 g/mol. The maximum absolute atomic E-state index is 13.1. The predicted octanol–water partition coefficient (Wildman–Crippen LogP) is 2.89. The van der Waals surface area contributed by atoms with Gasteiger partial charge in [0.2, 0.25) is 0 Å². The first-order valence-electron chi connectivity index (χ1n) is 8.00. The normalized spacial score (nSPS) is 23.9. The number of aromatic nitrogens is 1. The van der Waals surface area contributed by atoms with E-state index in [0.29, 0.717) is 30.9 Å². The molecule has 3 heterocycles. The Kier molecular flexibility index (Phi) is 4.21. The topological polar surface area (TPSA) is 28.5 Å². The maximum atomic E-state index is 13.1. The van der Waals surface area contributed by atoms with Crippen LogP contribution >= 0.6 is 0 Å². The summed E-state index contributed by atoms with van der Waals surface area (Å²) in [5.41, 5.74) is 0.512. The van der Waals surface area contributed by atoms with E-state index in [0.717, 1.165) is 11.1 Å². The third-order valence-electron chi connectivity index (χ3n) is 5.01. The highest BCUT2D eigenvalue weighted by Crippen LogP contribution is 2.27. The molecule has 3 rings (SSSR count). The molecular formula is C16H23F2N3O. The van der Waals surface area contributed by atoms with Gasteiger partial charge in [-0.3, -0.25) is 14.3 Å². The van der Waals surface area contributed by atoms with Crippen molar-refractivity contribution in [1.29, 1.82) is 0 Å². The van der Waals surface area contributed by atoms with Crippen LogP contribution in [-0.4, -0.2) is 52.0 Å². The molecule has 0 aliphatic carbocycles. The second kappa shape index (κ2) is 5.99. The van der Waals surface area contributed by atoms with Crippen molar-refractivity contribution in [2.45, 2.75) is 51.7 Å².